The Labute approximate surface area is 151 Å². The van der Waals surface area contributed by atoms with Gasteiger partial charge in [0.05, 0.1) is 4.91 Å². The zero-order valence-electron chi connectivity index (χ0n) is 13.5. The number of aryl methyl sites for hydroxylation is 1. The highest BCUT2D eigenvalue weighted by molar-refractivity contribution is 8.26. The summed E-state index contributed by atoms with van der Waals surface area (Å²) in [6.45, 7) is 2.58. The van der Waals surface area contributed by atoms with Crippen LogP contribution in [-0.2, 0) is 11.4 Å². The maximum Gasteiger partial charge on any atom is 0.265 e. The summed E-state index contributed by atoms with van der Waals surface area (Å²) in [5, 5.41) is 0. The number of likely N-dealkylation sites (N-methyl/N-ethyl adjacent to an activating group) is 1. The molecule has 1 fully saturated rings. The van der Waals surface area contributed by atoms with Gasteiger partial charge in [-0.25, -0.2) is 0 Å². The van der Waals surface area contributed by atoms with Gasteiger partial charge in [-0.1, -0.05) is 65.9 Å². The fraction of sp³-hybridized carbons (Fsp3) is 0.158. The first-order chi connectivity index (χ1) is 11.5. The molecule has 0 N–H and O–H groups in total. The fourth-order valence-corrected chi connectivity index (χ4v) is 3.42. The second kappa shape index (κ2) is 7.20. The lowest BCUT2D eigenvalue weighted by Gasteiger charge is -2.07. The maximum atomic E-state index is 12.1. The van der Waals surface area contributed by atoms with Crippen LogP contribution in [0.4, 0.5) is 0 Å². The van der Waals surface area contributed by atoms with Crippen molar-refractivity contribution in [2.24, 2.45) is 0 Å². The minimum atomic E-state index is -0.0593. The molecule has 0 aliphatic carbocycles. The predicted molar refractivity (Wildman–Crippen MR) is 103 cm³/mol. The van der Waals surface area contributed by atoms with Crippen LogP contribution < -0.4 is 4.74 Å². The molecule has 1 heterocycles. The maximum absolute atomic E-state index is 12.1. The summed E-state index contributed by atoms with van der Waals surface area (Å²) < 4.78 is 6.43. The Morgan fingerprint density at radius 2 is 1.96 bits per heavy atom. The van der Waals surface area contributed by atoms with E-state index < -0.39 is 0 Å². The zero-order valence-corrected chi connectivity index (χ0v) is 15.1. The van der Waals surface area contributed by atoms with Crippen molar-refractivity contribution in [3.63, 3.8) is 0 Å². The van der Waals surface area contributed by atoms with Crippen molar-refractivity contribution >= 4 is 40.3 Å². The van der Waals surface area contributed by atoms with Crippen LogP contribution in [0.25, 0.3) is 6.08 Å². The normalized spacial score (nSPS) is 16.1. The van der Waals surface area contributed by atoms with Gasteiger partial charge in [0.1, 0.15) is 16.7 Å². The monoisotopic (exact) mass is 355 g/mol. The van der Waals surface area contributed by atoms with E-state index in [4.69, 9.17) is 17.0 Å². The molecule has 3 rings (SSSR count). The number of thioether (sulfide) groups is 1. The quantitative estimate of drug-likeness (QED) is 0.600. The molecule has 0 radical (unpaired) electrons. The molecule has 122 valence electrons. The number of carbonyl (C=O) groups excluding carboxylic acids is 1. The summed E-state index contributed by atoms with van der Waals surface area (Å²) >= 11 is 6.47. The van der Waals surface area contributed by atoms with Crippen molar-refractivity contribution in [1.29, 1.82) is 0 Å². The zero-order chi connectivity index (χ0) is 17.1. The lowest BCUT2D eigenvalue weighted by molar-refractivity contribution is -0.121. The van der Waals surface area contributed by atoms with Crippen molar-refractivity contribution in [2.45, 2.75) is 13.5 Å². The van der Waals surface area contributed by atoms with Crippen molar-refractivity contribution in [3.05, 3.63) is 70.1 Å². The summed E-state index contributed by atoms with van der Waals surface area (Å²) in [5.74, 6) is 0.715. The van der Waals surface area contributed by atoms with Crippen molar-refractivity contribution in [1.82, 2.24) is 4.90 Å². The van der Waals surface area contributed by atoms with Crippen LogP contribution in [0.3, 0.4) is 0 Å². The second-order valence-electron chi connectivity index (χ2n) is 5.59. The van der Waals surface area contributed by atoms with Gasteiger partial charge in [0, 0.05) is 7.05 Å². The summed E-state index contributed by atoms with van der Waals surface area (Å²) in [6.07, 6.45) is 1.85. The van der Waals surface area contributed by atoms with E-state index in [-0.39, 0.29) is 5.91 Å². The lowest BCUT2D eigenvalue weighted by Crippen LogP contribution is -2.22. The highest BCUT2D eigenvalue weighted by Crippen LogP contribution is 2.31. The molecule has 2 aromatic rings. The van der Waals surface area contributed by atoms with Gasteiger partial charge >= 0.3 is 0 Å². The van der Waals surface area contributed by atoms with Crippen LogP contribution in [0.1, 0.15) is 16.7 Å². The average molecular weight is 355 g/mol. The molecule has 5 heteroatoms. The Balaban J connectivity index is 1.71. The second-order valence-corrected chi connectivity index (χ2v) is 7.26. The number of hydrogen-bond acceptors (Lipinski definition) is 4. The SMILES string of the molecule is Cc1ccc(COc2cccc(/C=C3\SC(=S)N(C)C3=O)c2)cc1. The Morgan fingerprint density at radius 1 is 1.21 bits per heavy atom. The number of hydrogen-bond donors (Lipinski definition) is 0. The summed E-state index contributed by atoms with van der Waals surface area (Å²) in [6, 6.07) is 16.0. The van der Waals surface area contributed by atoms with E-state index >= 15 is 0 Å². The molecule has 2 aromatic carbocycles. The number of ether oxygens (including phenoxy) is 1. The number of carbonyl (C=O) groups is 1. The van der Waals surface area contributed by atoms with Gasteiger partial charge in [-0.3, -0.25) is 9.69 Å². The molecular weight excluding hydrogens is 338 g/mol. The van der Waals surface area contributed by atoms with Crippen LogP contribution in [0, 0.1) is 6.92 Å². The van der Waals surface area contributed by atoms with E-state index in [9.17, 15) is 4.79 Å². The molecule has 0 saturated carbocycles. The van der Waals surface area contributed by atoms with Crippen LogP contribution >= 0.6 is 24.0 Å². The minimum absolute atomic E-state index is 0.0593. The Kier molecular flexibility index (Phi) is 5.02. The molecule has 1 amide bonds. The van der Waals surface area contributed by atoms with Crippen molar-refractivity contribution < 1.29 is 9.53 Å². The smallest absolute Gasteiger partial charge is 0.265 e. The Bertz CT molecular complexity index is 812. The number of nitrogens with zero attached hydrogens (tertiary/aromatic N) is 1. The van der Waals surface area contributed by atoms with Gasteiger partial charge in [-0.15, -0.1) is 0 Å². The van der Waals surface area contributed by atoms with E-state index in [0.29, 0.717) is 15.8 Å². The first kappa shape index (κ1) is 16.7. The molecule has 24 heavy (non-hydrogen) atoms. The standard InChI is InChI=1S/C19H17NO2S2/c1-13-6-8-14(9-7-13)12-22-16-5-3-4-15(10-16)11-17-18(21)20(2)19(23)24-17/h3-11H,12H2,1-2H3/b17-11-. The molecule has 1 aliphatic heterocycles. The van der Waals surface area contributed by atoms with Gasteiger partial charge in [-0.2, -0.15) is 0 Å². The molecule has 1 aliphatic rings. The van der Waals surface area contributed by atoms with Crippen LogP contribution in [-0.4, -0.2) is 22.2 Å². The highest BCUT2D eigenvalue weighted by atomic mass is 32.2. The lowest BCUT2D eigenvalue weighted by atomic mass is 10.1. The number of benzene rings is 2. The van der Waals surface area contributed by atoms with Gasteiger partial charge in [0.2, 0.25) is 0 Å². The Morgan fingerprint density at radius 3 is 2.62 bits per heavy atom. The molecule has 0 atom stereocenters. The van der Waals surface area contributed by atoms with E-state index in [1.807, 2.05) is 30.3 Å². The molecule has 0 aromatic heterocycles. The van der Waals surface area contributed by atoms with Gasteiger partial charge in [0.15, 0.2) is 0 Å². The van der Waals surface area contributed by atoms with Crippen molar-refractivity contribution in [2.75, 3.05) is 7.05 Å². The van der Waals surface area contributed by atoms with Crippen LogP contribution in [0.2, 0.25) is 0 Å². The predicted octanol–water partition coefficient (Wildman–Crippen LogP) is 4.41. The van der Waals surface area contributed by atoms with E-state index in [1.165, 1.54) is 22.2 Å². The van der Waals surface area contributed by atoms with Gasteiger partial charge < -0.3 is 4.74 Å². The van der Waals surface area contributed by atoms with E-state index in [2.05, 4.69) is 31.2 Å². The van der Waals surface area contributed by atoms with Crippen LogP contribution in [0.5, 0.6) is 5.75 Å². The third kappa shape index (κ3) is 3.86. The topological polar surface area (TPSA) is 29.5 Å². The molecule has 3 nitrogen and oxygen atoms in total. The largest absolute Gasteiger partial charge is 0.489 e. The van der Waals surface area contributed by atoms with E-state index in [0.717, 1.165) is 16.9 Å². The van der Waals surface area contributed by atoms with Gasteiger partial charge in [-0.05, 0) is 36.3 Å². The number of amides is 1. The average Bonchev–Trinajstić information content (AvgIpc) is 2.82. The molecular formula is C19H17NO2S2. The summed E-state index contributed by atoms with van der Waals surface area (Å²) in [4.78, 5) is 14.2. The number of thiocarbonyl (C=S) groups is 1. The third-order valence-electron chi connectivity index (χ3n) is 3.67. The first-order valence-corrected chi connectivity index (χ1v) is 8.75. The molecule has 0 unspecified atom stereocenters. The van der Waals surface area contributed by atoms with E-state index in [1.54, 1.807) is 7.05 Å². The summed E-state index contributed by atoms with van der Waals surface area (Å²) in [7, 11) is 1.69. The molecule has 0 spiro atoms. The minimum Gasteiger partial charge on any atom is -0.489 e. The first-order valence-electron chi connectivity index (χ1n) is 7.53. The van der Waals surface area contributed by atoms with Gasteiger partial charge in [0.25, 0.3) is 5.91 Å². The highest BCUT2D eigenvalue weighted by Gasteiger charge is 2.28. The Hall–Kier alpha value is -2.11. The molecule has 0 bridgehead atoms. The molecule has 1 saturated heterocycles. The van der Waals surface area contributed by atoms with Crippen LogP contribution in [0.15, 0.2) is 53.4 Å². The third-order valence-corrected chi connectivity index (χ3v) is 5.15. The van der Waals surface area contributed by atoms with Crippen molar-refractivity contribution in [3.8, 4) is 5.75 Å². The fourth-order valence-electron chi connectivity index (χ4n) is 2.24. The summed E-state index contributed by atoms with van der Waals surface area (Å²) in [5.41, 5.74) is 3.28. The number of rotatable bonds is 4.